The predicted molar refractivity (Wildman–Crippen MR) is 263 cm³/mol. The SMILES string of the molecule is CCC1=C(C)c2cc3nc(cc4[nH]c(c5c6[nH]c(cc1n2)c(C)c6C(=O)N(CCN1CCOCC1)C5=O)[C@@H](CCC(=O)OC)[C@@H]4C)C(C)=C3/C=C/C(=O)OCCOCCNC(=O)[C@H](C)NC(=O)[C@H](C)N. The number of esters is 2. The van der Waals surface area contributed by atoms with Crippen LogP contribution in [0.15, 0.2) is 30.4 Å². The molecule has 2 aromatic rings. The quantitative estimate of drug-likeness (QED) is 0.0599. The highest BCUT2D eigenvalue weighted by molar-refractivity contribution is 6.23. The van der Waals surface area contributed by atoms with Gasteiger partial charge in [-0.05, 0) is 94.0 Å². The number of carbonyl (C=O) groups is 6. The smallest absolute Gasteiger partial charge is 0.330 e. The summed E-state index contributed by atoms with van der Waals surface area (Å²) in [6.07, 6.45) is 4.14. The van der Waals surface area contributed by atoms with Crippen LogP contribution in [0.3, 0.4) is 0 Å². The van der Waals surface area contributed by atoms with Crippen molar-refractivity contribution < 1.29 is 47.7 Å². The summed E-state index contributed by atoms with van der Waals surface area (Å²) < 4.78 is 21.6. The number of hydrogen-bond acceptors (Lipinski definition) is 14. The normalized spacial score (nSPS) is 18.6. The number of methoxy groups -OCH3 is 1. The Hall–Kier alpha value is -6.54. The number of nitrogens with two attached hydrogens (primary N) is 1. The molecule has 0 spiro atoms. The van der Waals surface area contributed by atoms with E-state index in [0.29, 0.717) is 107 Å². The van der Waals surface area contributed by atoms with E-state index < -0.39 is 29.9 Å². The maximum absolute atomic E-state index is 15.0. The minimum absolute atomic E-state index is 0.0355. The van der Waals surface area contributed by atoms with Gasteiger partial charge in [0.1, 0.15) is 12.6 Å². The molecule has 70 heavy (non-hydrogen) atoms. The van der Waals surface area contributed by atoms with Crippen LogP contribution in [0.1, 0.15) is 133 Å². The molecule has 6 N–H and O–H groups in total. The topological polar surface area (TPSA) is 253 Å². The third-order valence-electron chi connectivity index (χ3n) is 13.6. The van der Waals surface area contributed by atoms with Gasteiger partial charge < -0.3 is 45.3 Å². The fourth-order valence-corrected chi connectivity index (χ4v) is 9.34. The van der Waals surface area contributed by atoms with E-state index >= 15 is 4.79 Å². The molecule has 7 heterocycles. The molecule has 7 rings (SSSR count). The van der Waals surface area contributed by atoms with E-state index in [1.807, 2.05) is 45.9 Å². The number of allylic oxidation sites excluding steroid dienone is 5. The number of hydrogen-bond donors (Lipinski definition) is 5. The van der Waals surface area contributed by atoms with Gasteiger partial charge in [0.25, 0.3) is 11.8 Å². The molecular weight excluding hydrogens is 899 g/mol. The van der Waals surface area contributed by atoms with Gasteiger partial charge in [-0.3, -0.25) is 33.8 Å². The van der Waals surface area contributed by atoms with Gasteiger partial charge in [0.2, 0.25) is 11.8 Å². The molecular formula is C51H65N9O10. The molecule has 4 amide bonds. The molecule has 5 aliphatic rings. The highest BCUT2D eigenvalue weighted by Crippen LogP contribution is 2.45. The molecule has 0 aliphatic carbocycles. The van der Waals surface area contributed by atoms with Crippen LogP contribution in [0.2, 0.25) is 0 Å². The molecule has 2 aromatic heterocycles. The van der Waals surface area contributed by atoms with Crippen molar-refractivity contribution in [2.24, 2.45) is 5.73 Å². The first-order valence-electron chi connectivity index (χ1n) is 24.0. The third-order valence-corrected chi connectivity index (χ3v) is 13.6. The van der Waals surface area contributed by atoms with E-state index in [1.165, 1.54) is 25.0 Å². The predicted octanol–water partition coefficient (Wildman–Crippen LogP) is 4.47. The van der Waals surface area contributed by atoms with Crippen molar-refractivity contribution in [3.8, 4) is 0 Å². The fraction of sp³-hybridized carbons (Fsp3) is 0.490. The molecule has 0 radical (unpaired) electrons. The Labute approximate surface area is 407 Å². The number of morpholine rings is 1. The highest BCUT2D eigenvalue weighted by atomic mass is 16.6. The minimum atomic E-state index is -0.764. The second-order valence-corrected chi connectivity index (χ2v) is 18.1. The van der Waals surface area contributed by atoms with Gasteiger partial charge in [0, 0.05) is 79.5 Å². The molecule has 1 saturated heterocycles. The lowest BCUT2D eigenvalue weighted by Crippen LogP contribution is -2.49. The lowest BCUT2D eigenvalue weighted by atomic mass is 9.84. The first-order valence-corrected chi connectivity index (χ1v) is 24.0. The maximum atomic E-state index is 15.0. The second kappa shape index (κ2) is 22.5. The monoisotopic (exact) mass is 963 g/mol. The van der Waals surface area contributed by atoms with E-state index in [-0.39, 0.29) is 69.0 Å². The Bertz CT molecular complexity index is 2720. The molecule has 8 bridgehead atoms. The summed E-state index contributed by atoms with van der Waals surface area (Å²) >= 11 is 0. The fourth-order valence-electron chi connectivity index (χ4n) is 9.34. The number of rotatable bonds is 18. The van der Waals surface area contributed by atoms with Crippen molar-refractivity contribution >= 4 is 68.9 Å². The number of H-pyrrole nitrogens is 2. The first kappa shape index (κ1) is 51.3. The molecule has 19 heteroatoms. The van der Waals surface area contributed by atoms with Gasteiger partial charge in [-0.1, -0.05) is 13.8 Å². The summed E-state index contributed by atoms with van der Waals surface area (Å²) in [5, 5.41) is 5.21. The Morgan fingerprint density at radius 2 is 1.63 bits per heavy atom. The summed E-state index contributed by atoms with van der Waals surface area (Å²) in [7, 11) is 1.35. The molecule has 0 aromatic carbocycles. The average Bonchev–Trinajstić information content (AvgIpc) is 4.02. The van der Waals surface area contributed by atoms with Gasteiger partial charge in [-0.15, -0.1) is 0 Å². The first-order chi connectivity index (χ1) is 33.5. The molecule has 1 fully saturated rings. The van der Waals surface area contributed by atoms with E-state index in [4.69, 9.17) is 34.6 Å². The number of amides is 4. The molecule has 4 atom stereocenters. The Morgan fingerprint density at radius 1 is 0.914 bits per heavy atom. The van der Waals surface area contributed by atoms with Crippen LogP contribution >= 0.6 is 0 Å². The molecule has 0 unspecified atom stereocenters. The average molecular weight is 964 g/mol. The maximum Gasteiger partial charge on any atom is 0.330 e. The van der Waals surface area contributed by atoms with Gasteiger partial charge in [-0.2, -0.15) is 0 Å². The van der Waals surface area contributed by atoms with Gasteiger partial charge in [-0.25, -0.2) is 14.8 Å². The zero-order chi connectivity index (χ0) is 50.4. The van der Waals surface area contributed by atoms with Gasteiger partial charge in [0.15, 0.2) is 0 Å². The Balaban J connectivity index is 1.24. The van der Waals surface area contributed by atoms with Crippen LogP contribution in [-0.4, -0.2) is 150 Å². The number of aromatic nitrogens is 4. The van der Waals surface area contributed by atoms with Crippen LogP contribution in [-0.2, 0) is 38.1 Å². The summed E-state index contributed by atoms with van der Waals surface area (Å²) in [6, 6.07) is 4.28. The standard InChI is InChI=1S/C51H65N9O10/c1-9-33-27(2)37-25-41-34(10-13-43(62)70-23-22-68-19-14-53-49(64)32(7)54-48(63)31(6)52)28(3)36(56-41)24-38-29(4)35(11-12-42(61)67-8)46(57-38)45-47-44(30(5)39(58-47)26-40(33)55-37)50(65)60(51(45)66)16-15-59-17-20-69-21-18-59/h10,13,24-26,29,31-32,35,57-58H,9,11-12,14-23,52H2,1-8H3,(H,53,64)(H,54,63)/b13-10+,38-24?,40-26?,41-25?,46-45?/t29-,31-,32-,35-/m0/s1. The van der Waals surface area contributed by atoms with E-state index in [1.54, 1.807) is 13.0 Å². The van der Waals surface area contributed by atoms with Crippen LogP contribution in [0, 0.1) is 6.92 Å². The number of fused-ring (bicyclic) bond motifs is 8. The van der Waals surface area contributed by atoms with Crippen molar-refractivity contribution in [3.63, 3.8) is 0 Å². The van der Waals surface area contributed by atoms with E-state index in [2.05, 4.69) is 32.4 Å². The lowest BCUT2D eigenvalue weighted by Gasteiger charge is -2.31. The van der Waals surface area contributed by atoms with E-state index in [9.17, 15) is 24.0 Å². The van der Waals surface area contributed by atoms with Crippen molar-refractivity contribution in [3.05, 3.63) is 81.2 Å². The number of aryl methyl sites for hydroxylation is 1. The Kier molecular flexibility index (Phi) is 16.5. The molecule has 374 valence electrons. The summed E-state index contributed by atoms with van der Waals surface area (Å²) in [5.74, 6) is -3.18. The lowest BCUT2D eigenvalue weighted by molar-refractivity contribution is -0.141. The summed E-state index contributed by atoms with van der Waals surface area (Å²) in [5.41, 5.74) is 15.4. The summed E-state index contributed by atoms with van der Waals surface area (Å²) in [6.45, 7) is 16.6. The van der Waals surface area contributed by atoms with Crippen LogP contribution in [0.5, 0.6) is 0 Å². The molecule has 5 aliphatic heterocycles. The zero-order valence-corrected chi connectivity index (χ0v) is 41.3. The van der Waals surface area contributed by atoms with Gasteiger partial charge >= 0.3 is 11.9 Å². The van der Waals surface area contributed by atoms with Crippen molar-refractivity contribution in [1.82, 2.24) is 40.4 Å². The number of carbonyl (C=O) groups excluding carboxylic acids is 6. The zero-order valence-electron chi connectivity index (χ0n) is 41.3. The Morgan fingerprint density at radius 3 is 2.34 bits per heavy atom. The van der Waals surface area contributed by atoms with Gasteiger partial charge in [0.05, 0.1) is 79.0 Å². The number of aromatic amines is 2. The third kappa shape index (κ3) is 11.1. The summed E-state index contributed by atoms with van der Waals surface area (Å²) in [4.78, 5) is 100. The van der Waals surface area contributed by atoms with E-state index in [0.717, 1.165) is 22.4 Å². The largest absolute Gasteiger partial charge is 0.469 e. The van der Waals surface area contributed by atoms with Crippen LogP contribution < -0.4 is 16.4 Å². The number of nitrogens with zero attached hydrogens (tertiary/aromatic N) is 4. The van der Waals surface area contributed by atoms with Crippen molar-refractivity contribution in [2.75, 3.05) is 72.9 Å². The number of ether oxygens (including phenoxy) is 4. The minimum Gasteiger partial charge on any atom is -0.469 e. The highest BCUT2D eigenvalue weighted by Gasteiger charge is 2.41. The molecule has 0 saturated carbocycles. The van der Waals surface area contributed by atoms with Crippen molar-refractivity contribution in [2.45, 2.75) is 91.6 Å². The molecule has 19 nitrogen and oxygen atoms in total. The van der Waals surface area contributed by atoms with Crippen LogP contribution in [0.4, 0.5) is 0 Å². The van der Waals surface area contributed by atoms with Crippen LogP contribution in [0.25, 0.3) is 33.3 Å². The number of nitrogens with one attached hydrogen (secondary N) is 4. The second-order valence-electron chi connectivity index (χ2n) is 18.1. The number of imide groups is 1. The van der Waals surface area contributed by atoms with Crippen molar-refractivity contribution in [1.29, 1.82) is 0 Å².